The van der Waals surface area contributed by atoms with Gasteiger partial charge < -0.3 is 27.0 Å². The van der Waals surface area contributed by atoms with E-state index in [9.17, 15) is 4.79 Å². The third-order valence-electron chi connectivity index (χ3n) is 1.83. The molecule has 0 aliphatic heterocycles. The molecule has 1 N–H and O–H groups in total. The van der Waals surface area contributed by atoms with Crippen molar-refractivity contribution in [1.82, 2.24) is 0 Å². The highest BCUT2D eigenvalue weighted by Gasteiger charge is 2.27. The van der Waals surface area contributed by atoms with Gasteiger partial charge in [0.05, 0.1) is 20.3 Å². The summed E-state index contributed by atoms with van der Waals surface area (Å²) in [6.45, 7) is 0. The summed E-state index contributed by atoms with van der Waals surface area (Å²) in [5, 5.41) is 17.5. The summed E-state index contributed by atoms with van der Waals surface area (Å²) in [5.41, 5.74) is -0.320. The summed E-state index contributed by atoms with van der Waals surface area (Å²) in [6.07, 6.45) is 0. The zero-order valence-corrected chi connectivity index (χ0v) is 9.35. The molecule has 1 aromatic rings. The smallest absolute Gasteiger partial charge is 0.407 e. The van der Waals surface area contributed by atoms with Crippen molar-refractivity contribution in [3.05, 3.63) is 22.7 Å². The molecule has 7 heteroatoms. The normalized spacial score (nSPS) is 8.56. The molecule has 0 fully saturated rings. The van der Waals surface area contributed by atoms with Crippen molar-refractivity contribution >= 4 is 11.7 Å². The fraction of sp³-hybridized carbons (Fsp3) is 0.222. The first-order valence-electron chi connectivity index (χ1n) is 3.98. The SMILES string of the molecule is COc1cc([N+]#N)c(C(=O)O)c(OC)c1.[Cl-]. The number of hydrogen-bond acceptors (Lipinski definition) is 4. The van der Waals surface area contributed by atoms with Crippen LogP contribution < -0.4 is 21.9 Å². The first-order chi connectivity index (χ1) is 7.13. The van der Waals surface area contributed by atoms with Gasteiger partial charge >= 0.3 is 11.7 Å². The third kappa shape index (κ3) is 2.52. The number of diazo groups is 1. The highest BCUT2D eigenvalue weighted by Crippen LogP contribution is 2.34. The van der Waals surface area contributed by atoms with E-state index in [0.717, 1.165) is 0 Å². The number of benzene rings is 1. The lowest BCUT2D eigenvalue weighted by Gasteiger charge is -2.04. The van der Waals surface area contributed by atoms with E-state index in [4.69, 9.17) is 20.0 Å². The molecule has 6 nitrogen and oxygen atoms in total. The van der Waals surface area contributed by atoms with E-state index in [1.165, 1.54) is 26.4 Å². The Morgan fingerprint density at radius 1 is 1.38 bits per heavy atom. The van der Waals surface area contributed by atoms with Crippen molar-refractivity contribution in [3.63, 3.8) is 0 Å². The van der Waals surface area contributed by atoms with Crippen LogP contribution in [0.15, 0.2) is 12.1 Å². The Morgan fingerprint density at radius 2 is 2.00 bits per heavy atom. The van der Waals surface area contributed by atoms with Crippen LogP contribution in [0.2, 0.25) is 0 Å². The highest BCUT2D eigenvalue weighted by molar-refractivity contribution is 5.98. The van der Waals surface area contributed by atoms with Gasteiger partial charge in [0.25, 0.3) is 0 Å². The molecule has 0 heterocycles. The molecule has 0 aromatic heterocycles. The van der Waals surface area contributed by atoms with Crippen molar-refractivity contribution in [2.45, 2.75) is 0 Å². The molecule has 0 amide bonds. The summed E-state index contributed by atoms with van der Waals surface area (Å²) in [7, 11) is 2.73. The molecule has 86 valence electrons. The maximum atomic E-state index is 10.9. The van der Waals surface area contributed by atoms with E-state index in [1.54, 1.807) is 0 Å². The predicted octanol–water partition coefficient (Wildman–Crippen LogP) is -1.11. The van der Waals surface area contributed by atoms with E-state index in [2.05, 4.69) is 4.98 Å². The van der Waals surface area contributed by atoms with Crippen molar-refractivity contribution in [3.8, 4) is 11.5 Å². The molecule has 16 heavy (non-hydrogen) atoms. The van der Waals surface area contributed by atoms with Crippen molar-refractivity contribution in [1.29, 1.82) is 5.39 Å². The van der Waals surface area contributed by atoms with E-state index in [1.807, 2.05) is 0 Å². The second kappa shape index (κ2) is 5.78. The van der Waals surface area contributed by atoms with Gasteiger partial charge in [0, 0.05) is 6.07 Å². The maximum absolute atomic E-state index is 10.9. The molecule has 0 atom stereocenters. The molecule has 0 spiro atoms. The highest BCUT2D eigenvalue weighted by atomic mass is 35.5. The minimum absolute atomic E-state index is 0. The van der Waals surface area contributed by atoms with Gasteiger partial charge in [-0.15, -0.1) is 0 Å². The second-order valence-electron chi connectivity index (χ2n) is 2.63. The lowest BCUT2D eigenvalue weighted by Crippen LogP contribution is -3.00. The average Bonchev–Trinajstić information content (AvgIpc) is 2.26. The van der Waals surface area contributed by atoms with Crippen LogP contribution in [0.5, 0.6) is 11.5 Å². The monoisotopic (exact) mass is 244 g/mol. The van der Waals surface area contributed by atoms with Gasteiger partial charge in [-0.1, -0.05) is 0 Å². The van der Waals surface area contributed by atoms with E-state index >= 15 is 0 Å². The molecular formula is C9H9ClN2O4. The van der Waals surface area contributed by atoms with Crippen LogP contribution in [0.3, 0.4) is 0 Å². The van der Waals surface area contributed by atoms with Crippen LogP contribution in [0, 0.1) is 5.39 Å². The van der Waals surface area contributed by atoms with Gasteiger partial charge in [0.1, 0.15) is 11.5 Å². The quantitative estimate of drug-likeness (QED) is 0.682. The van der Waals surface area contributed by atoms with Gasteiger partial charge in [0.15, 0.2) is 10.5 Å². The summed E-state index contributed by atoms with van der Waals surface area (Å²) >= 11 is 0. The number of rotatable bonds is 3. The fourth-order valence-electron chi connectivity index (χ4n) is 1.15. The van der Waals surface area contributed by atoms with Crippen LogP contribution in [0.1, 0.15) is 10.4 Å². The molecular weight excluding hydrogens is 236 g/mol. The van der Waals surface area contributed by atoms with Crippen molar-refractivity contribution in [2.75, 3.05) is 14.2 Å². The van der Waals surface area contributed by atoms with E-state index in [-0.39, 0.29) is 29.4 Å². The summed E-state index contributed by atoms with van der Waals surface area (Å²) in [5.74, 6) is -0.804. The number of halogens is 1. The van der Waals surface area contributed by atoms with Crippen LogP contribution in [0.25, 0.3) is 4.98 Å². The van der Waals surface area contributed by atoms with Gasteiger partial charge in [-0.3, -0.25) is 0 Å². The predicted molar refractivity (Wildman–Crippen MR) is 51.2 cm³/mol. The molecule has 0 saturated carbocycles. The average molecular weight is 245 g/mol. The Bertz CT molecular complexity index is 442. The third-order valence-corrected chi connectivity index (χ3v) is 1.83. The Balaban J connectivity index is 0.00000225. The Labute approximate surface area is 97.8 Å². The molecule has 1 rings (SSSR count). The standard InChI is InChI=1S/C9H8N2O4.ClH/c1-14-5-3-6(11-10)8(9(12)13)7(4-5)15-2;/h3-4H,1-2H3;1H. The number of ether oxygens (including phenoxy) is 2. The van der Waals surface area contributed by atoms with Crippen LogP contribution >= 0.6 is 0 Å². The molecule has 0 unspecified atom stereocenters. The Kier molecular flexibility index (Phi) is 5.06. The number of methoxy groups -OCH3 is 2. The lowest BCUT2D eigenvalue weighted by atomic mass is 10.1. The van der Waals surface area contributed by atoms with Crippen molar-refractivity contribution < 1.29 is 31.8 Å². The summed E-state index contributed by atoms with van der Waals surface area (Å²) in [4.78, 5) is 13.7. The summed E-state index contributed by atoms with van der Waals surface area (Å²) < 4.78 is 9.75. The Hall–Kier alpha value is -2.00. The molecule has 0 aliphatic rings. The lowest BCUT2D eigenvalue weighted by molar-refractivity contribution is -0.0000202. The molecule has 0 saturated heterocycles. The zero-order valence-electron chi connectivity index (χ0n) is 8.60. The fourth-order valence-corrected chi connectivity index (χ4v) is 1.15. The number of hydrogen-bond donors (Lipinski definition) is 1. The molecule has 0 bridgehead atoms. The maximum Gasteiger partial charge on any atom is 0.407 e. The minimum Gasteiger partial charge on any atom is -1.00 e. The number of aromatic carboxylic acids is 1. The largest absolute Gasteiger partial charge is 1.00 e. The van der Waals surface area contributed by atoms with Gasteiger partial charge in [-0.25, -0.2) is 4.79 Å². The van der Waals surface area contributed by atoms with Crippen LogP contribution in [0.4, 0.5) is 5.69 Å². The first-order valence-corrected chi connectivity index (χ1v) is 3.98. The molecule has 1 aromatic carbocycles. The number of carbonyl (C=O) groups is 1. The first kappa shape index (κ1) is 14.0. The molecule has 0 radical (unpaired) electrons. The van der Waals surface area contributed by atoms with Crippen molar-refractivity contribution in [2.24, 2.45) is 0 Å². The van der Waals surface area contributed by atoms with Gasteiger partial charge in [0.2, 0.25) is 5.39 Å². The van der Waals surface area contributed by atoms with E-state index < -0.39 is 5.97 Å². The van der Waals surface area contributed by atoms with Gasteiger partial charge in [-0.05, 0) is 0 Å². The van der Waals surface area contributed by atoms with E-state index in [0.29, 0.717) is 5.75 Å². The minimum atomic E-state index is -1.23. The zero-order chi connectivity index (χ0) is 11.4. The topological polar surface area (TPSA) is 83.9 Å². The number of nitrogens with zero attached hydrogens (tertiary/aromatic N) is 2. The van der Waals surface area contributed by atoms with Crippen LogP contribution in [-0.2, 0) is 0 Å². The molecule has 0 aliphatic carbocycles. The van der Waals surface area contributed by atoms with Crippen LogP contribution in [-0.4, -0.2) is 25.3 Å². The van der Waals surface area contributed by atoms with Gasteiger partial charge in [-0.2, -0.15) is 0 Å². The number of carboxylic acids is 1. The summed E-state index contributed by atoms with van der Waals surface area (Å²) in [6, 6.07) is 2.70. The second-order valence-corrected chi connectivity index (χ2v) is 2.63. The number of carboxylic acid groups (broad SMARTS) is 1. The Morgan fingerprint density at radius 3 is 2.38 bits per heavy atom.